The van der Waals surface area contributed by atoms with Crippen molar-refractivity contribution in [2.45, 2.75) is 38.1 Å². The average molecular weight is 305 g/mol. The molecular formula is C13H27N3O3S. The number of ether oxygens (including phenoxy) is 1. The van der Waals surface area contributed by atoms with Gasteiger partial charge in [0.05, 0.1) is 6.61 Å². The van der Waals surface area contributed by atoms with E-state index in [0.29, 0.717) is 32.2 Å². The third-order valence-corrected chi connectivity index (χ3v) is 6.32. The molecule has 2 fully saturated rings. The van der Waals surface area contributed by atoms with E-state index in [-0.39, 0.29) is 6.04 Å². The first kappa shape index (κ1) is 16.2. The molecule has 0 amide bonds. The first-order valence-electron chi connectivity index (χ1n) is 7.56. The Morgan fingerprint density at radius 3 is 2.75 bits per heavy atom. The van der Waals surface area contributed by atoms with Crippen molar-refractivity contribution in [3.8, 4) is 0 Å². The predicted molar refractivity (Wildman–Crippen MR) is 78.5 cm³/mol. The molecule has 0 saturated carbocycles. The first-order valence-corrected chi connectivity index (χ1v) is 8.96. The van der Waals surface area contributed by atoms with Gasteiger partial charge in [0.15, 0.2) is 0 Å². The van der Waals surface area contributed by atoms with Gasteiger partial charge in [0.25, 0.3) is 10.2 Å². The van der Waals surface area contributed by atoms with Crippen LogP contribution in [0.3, 0.4) is 0 Å². The quantitative estimate of drug-likeness (QED) is 0.798. The van der Waals surface area contributed by atoms with Crippen molar-refractivity contribution in [2.24, 2.45) is 11.7 Å². The fraction of sp³-hybridized carbons (Fsp3) is 1.00. The topological polar surface area (TPSA) is 75.9 Å². The van der Waals surface area contributed by atoms with Crippen molar-refractivity contribution in [2.75, 3.05) is 39.9 Å². The minimum absolute atomic E-state index is 0.0428. The molecule has 0 bridgehead atoms. The van der Waals surface area contributed by atoms with Gasteiger partial charge >= 0.3 is 0 Å². The zero-order valence-electron chi connectivity index (χ0n) is 12.3. The van der Waals surface area contributed by atoms with E-state index in [4.69, 9.17) is 10.5 Å². The van der Waals surface area contributed by atoms with Crippen LogP contribution in [-0.4, -0.2) is 63.0 Å². The fourth-order valence-electron chi connectivity index (χ4n) is 3.10. The highest BCUT2D eigenvalue weighted by Gasteiger charge is 2.35. The van der Waals surface area contributed by atoms with Gasteiger partial charge in [-0.1, -0.05) is 6.42 Å². The molecular weight excluding hydrogens is 278 g/mol. The van der Waals surface area contributed by atoms with Crippen molar-refractivity contribution in [1.82, 2.24) is 8.61 Å². The maximum Gasteiger partial charge on any atom is 0.282 e. The Labute approximate surface area is 122 Å². The minimum atomic E-state index is -3.39. The molecule has 7 heteroatoms. The SMILES string of the molecule is CN(CC1CCCOC1)S(=O)(=O)N1CCCCC1CN. The van der Waals surface area contributed by atoms with E-state index in [0.717, 1.165) is 38.7 Å². The smallest absolute Gasteiger partial charge is 0.282 e. The van der Waals surface area contributed by atoms with E-state index >= 15 is 0 Å². The van der Waals surface area contributed by atoms with Crippen LogP contribution in [0.25, 0.3) is 0 Å². The Kier molecular flexibility index (Phi) is 5.80. The van der Waals surface area contributed by atoms with Crippen LogP contribution in [0.15, 0.2) is 0 Å². The van der Waals surface area contributed by atoms with Crippen LogP contribution in [-0.2, 0) is 14.9 Å². The highest BCUT2D eigenvalue weighted by molar-refractivity contribution is 7.86. The van der Waals surface area contributed by atoms with Crippen LogP contribution < -0.4 is 5.73 Å². The number of hydrogen-bond donors (Lipinski definition) is 1. The summed E-state index contributed by atoms with van der Waals surface area (Å²) in [4.78, 5) is 0. The molecule has 2 saturated heterocycles. The summed E-state index contributed by atoms with van der Waals surface area (Å²) < 4.78 is 33.9. The lowest BCUT2D eigenvalue weighted by molar-refractivity contribution is 0.0487. The van der Waals surface area contributed by atoms with Crippen molar-refractivity contribution in [3.05, 3.63) is 0 Å². The summed E-state index contributed by atoms with van der Waals surface area (Å²) in [5, 5.41) is 0. The fourth-order valence-corrected chi connectivity index (χ4v) is 4.79. The monoisotopic (exact) mass is 305 g/mol. The van der Waals surface area contributed by atoms with E-state index in [1.807, 2.05) is 0 Å². The van der Waals surface area contributed by atoms with E-state index in [1.165, 1.54) is 4.31 Å². The second-order valence-electron chi connectivity index (χ2n) is 5.87. The van der Waals surface area contributed by atoms with E-state index in [2.05, 4.69) is 0 Å². The lowest BCUT2D eigenvalue weighted by Gasteiger charge is -2.37. The Morgan fingerprint density at radius 2 is 2.10 bits per heavy atom. The lowest BCUT2D eigenvalue weighted by atomic mass is 10.0. The predicted octanol–water partition coefficient (Wildman–Crippen LogP) is 0.403. The van der Waals surface area contributed by atoms with Crippen LogP contribution in [0.4, 0.5) is 0 Å². The lowest BCUT2D eigenvalue weighted by Crippen LogP contribution is -2.53. The first-order chi connectivity index (χ1) is 9.55. The molecule has 0 aromatic heterocycles. The Hall–Kier alpha value is -0.210. The molecule has 2 aliphatic rings. The zero-order chi connectivity index (χ0) is 14.6. The average Bonchev–Trinajstić information content (AvgIpc) is 2.48. The van der Waals surface area contributed by atoms with Crippen LogP contribution in [0, 0.1) is 5.92 Å². The Morgan fingerprint density at radius 1 is 1.30 bits per heavy atom. The van der Waals surface area contributed by atoms with Crippen molar-refractivity contribution >= 4 is 10.2 Å². The summed E-state index contributed by atoms with van der Waals surface area (Å²) in [7, 11) is -1.72. The second-order valence-corrected chi connectivity index (χ2v) is 7.86. The third kappa shape index (κ3) is 3.71. The molecule has 0 aromatic carbocycles. The molecule has 2 rings (SSSR count). The van der Waals surface area contributed by atoms with Gasteiger partial charge in [0, 0.05) is 39.3 Å². The normalized spacial score (nSPS) is 29.8. The summed E-state index contributed by atoms with van der Waals surface area (Å²) >= 11 is 0. The van der Waals surface area contributed by atoms with Crippen LogP contribution in [0.5, 0.6) is 0 Å². The third-order valence-electron chi connectivity index (χ3n) is 4.31. The molecule has 2 atom stereocenters. The summed E-state index contributed by atoms with van der Waals surface area (Å²) in [6.45, 7) is 3.00. The van der Waals surface area contributed by atoms with Crippen LogP contribution in [0.2, 0.25) is 0 Å². The standard InChI is InChI=1S/C13H27N3O3S/c1-15(10-12-5-4-8-19-11-12)20(17,18)16-7-3-2-6-13(16)9-14/h12-13H,2-11,14H2,1H3. The molecule has 20 heavy (non-hydrogen) atoms. The van der Waals surface area contributed by atoms with Gasteiger partial charge in [-0.15, -0.1) is 0 Å². The molecule has 2 N–H and O–H groups in total. The van der Waals surface area contributed by atoms with Gasteiger partial charge in [-0.3, -0.25) is 0 Å². The molecule has 0 aromatic rings. The Bertz CT molecular complexity index is 396. The van der Waals surface area contributed by atoms with Gasteiger partial charge in [0.1, 0.15) is 0 Å². The van der Waals surface area contributed by atoms with Crippen molar-refractivity contribution in [3.63, 3.8) is 0 Å². The molecule has 2 heterocycles. The highest BCUT2D eigenvalue weighted by Crippen LogP contribution is 2.23. The summed E-state index contributed by atoms with van der Waals surface area (Å²) in [6, 6.07) is -0.0428. The molecule has 6 nitrogen and oxygen atoms in total. The van der Waals surface area contributed by atoms with E-state index in [1.54, 1.807) is 11.4 Å². The van der Waals surface area contributed by atoms with Crippen molar-refractivity contribution in [1.29, 1.82) is 0 Å². The summed E-state index contributed by atoms with van der Waals surface area (Å²) in [5.74, 6) is 0.310. The number of hydrogen-bond acceptors (Lipinski definition) is 4. The van der Waals surface area contributed by atoms with Gasteiger partial charge in [-0.2, -0.15) is 17.0 Å². The number of nitrogens with zero attached hydrogens (tertiary/aromatic N) is 2. The van der Waals surface area contributed by atoms with Crippen LogP contribution >= 0.6 is 0 Å². The molecule has 118 valence electrons. The molecule has 0 spiro atoms. The molecule has 0 aliphatic carbocycles. The van der Waals surface area contributed by atoms with Gasteiger partial charge in [-0.05, 0) is 31.6 Å². The Balaban J connectivity index is 1.99. The molecule has 2 unspecified atom stereocenters. The van der Waals surface area contributed by atoms with E-state index < -0.39 is 10.2 Å². The summed E-state index contributed by atoms with van der Waals surface area (Å²) in [5.41, 5.74) is 5.73. The minimum Gasteiger partial charge on any atom is -0.381 e. The molecule has 0 radical (unpaired) electrons. The number of nitrogens with two attached hydrogens (primary N) is 1. The maximum atomic E-state index is 12.7. The number of rotatable bonds is 5. The highest BCUT2D eigenvalue weighted by atomic mass is 32.2. The van der Waals surface area contributed by atoms with Crippen LogP contribution in [0.1, 0.15) is 32.1 Å². The second kappa shape index (κ2) is 7.17. The van der Waals surface area contributed by atoms with Gasteiger partial charge in [0.2, 0.25) is 0 Å². The van der Waals surface area contributed by atoms with E-state index in [9.17, 15) is 8.42 Å². The van der Waals surface area contributed by atoms with Crippen molar-refractivity contribution < 1.29 is 13.2 Å². The van der Waals surface area contributed by atoms with Gasteiger partial charge in [-0.25, -0.2) is 0 Å². The zero-order valence-corrected chi connectivity index (χ0v) is 13.1. The molecule has 2 aliphatic heterocycles. The van der Waals surface area contributed by atoms with Gasteiger partial charge < -0.3 is 10.5 Å². The maximum absolute atomic E-state index is 12.7. The summed E-state index contributed by atoms with van der Waals surface area (Å²) in [6.07, 6.45) is 4.92. The largest absolute Gasteiger partial charge is 0.381 e. The number of piperidine rings is 1.